The third kappa shape index (κ3) is 3.39. The molecule has 1 aromatic heterocycles. The van der Waals surface area contributed by atoms with Gasteiger partial charge >= 0.3 is 0 Å². The summed E-state index contributed by atoms with van der Waals surface area (Å²) in [7, 11) is -2.46. The second kappa shape index (κ2) is 6.29. The molecular formula is C13H13N5O5S2. The summed E-state index contributed by atoms with van der Waals surface area (Å²) in [6, 6.07) is 4.75. The lowest BCUT2D eigenvalue weighted by molar-refractivity contribution is -0.121. The highest BCUT2D eigenvalue weighted by atomic mass is 32.2. The van der Waals surface area contributed by atoms with Gasteiger partial charge in [0.2, 0.25) is 11.0 Å². The average molecular weight is 383 g/mol. The van der Waals surface area contributed by atoms with Gasteiger partial charge in [0.1, 0.15) is 0 Å². The van der Waals surface area contributed by atoms with E-state index in [0.29, 0.717) is 17.0 Å². The van der Waals surface area contributed by atoms with Crippen LogP contribution in [-0.4, -0.2) is 44.1 Å². The molecule has 0 fully saturated rings. The number of likely N-dealkylation sites (N-methyl/N-ethyl adjacent to an activating group) is 1. The Morgan fingerprint density at radius 2 is 2.12 bits per heavy atom. The van der Waals surface area contributed by atoms with E-state index >= 15 is 0 Å². The number of carbonyl (C=O) groups is 2. The number of aromatic nitrogens is 2. The fourth-order valence-electron chi connectivity index (χ4n) is 2.09. The highest BCUT2D eigenvalue weighted by Crippen LogP contribution is 2.39. The van der Waals surface area contributed by atoms with E-state index in [-0.39, 0.29) is 39.3 Å². The molecule has 2 amide bonds. The predicted octanol–water partition coefficient (Wildman–Crippen LogP) is 0.652. The number of carbonyl (C=O) groups excluding carboxylic acids is 2. The fraction of sp³-hybridized carbons (Fsp3) is 0.231. The van der Waals surface area contributed by atoms with E-state index in [4.69, 9.17) is 4.74 Å². The van der Waals surface area contributed by atoms with Crippen molar-refractivity contribution in [3.8, 4) is 5.75 Å². The minimum absolute atomic E-state index is 0.0737. The minimum atomic E-state index is -4.03. The summed E-state index contributed by atoms with van der Waals surface area (Å²) in [6.45, 7) is 1.09. The number of ether oxygens (including phenoxy) is 1. The number of hydrogen-bond acceptors (Lipinski definition) is 8. The van der Waals surface area contributed by atoms with Crippen LogP contribution in [0.5, 0.6) is 5.75 Å². The van der Waals surface area contributed by atoms with Crippen LogP contribution >= 0.6 is 11.3 Å². The molecule has 0 radical (unpaired) electrons. The Hall–Kier alpha value is -2.73. The minimum Gasteiger partial charge on any atom is -0.479 e. The summed E-state index contributed by atoms with van der Waals surface area (Å²) in [4.78, 5) is 24.1. The van der Waals surface area contributed by atoms with E-state index in [0.717, 1.165) is 0 Å². The molecule has 12 heteroatoms. The predicted molar refractivity (Wildman–Crippen MR) is 90.4 cm³/mol. The lowest BCUT2D eigenvalue weighted by Gasteiger charge is -2.27. The molecule has 0 unspecified atom stereocenters. The van der Waals surface area contributed by atoms with Crippen molar-refractivity contribution in [3.05, 3.63) is 18.2 Å². The molecule has 1 aromatic carbocycles. The molecule has 0 atom stereocenters. The van der Waals surface area contributed by atoms with Crippen molar-refractivity contribution >= 4 is 49.7 Å². The second-order valence-electron chi connectivity index (χ2n) is 5.06. The van der Waals surface area contributed by atoms with Crippen LogP contribution in [-0.2, 0) is 19.6 Å². The van der Waals surface area contributed by atoms with Crippen LogP contribution < -0.4 is 19.7 Å². The summed E-state index contributed by atoms with van der Waals surface area (Å²) in [5.74, 6) is -0.373. The van der Waals surface area contributed by atoms with Crippen molar-refractivity contribution < 1.29 is 22.7 Å². The Labute approximate surface area is 146 Å². The first-order valence-corrected chi connectivity index (χ1v) is 9.24. The average Bonchev–Trinajstić information content (AvgIpc) is 3.00. The zero-order chi connectivity index (χ0) is 18.2. The Morgan fingerprint density at radius 1 is 1.36 bits per heavy atom. The zero-order valence-corrected chi connectivity index (χ0v) is 14.8. The van der Waals surface area contributed by atoms with Gasteiger partial charge in [0.05, 0.1) is 11.4 Å². The normalized spacial score (nSPS) is 13.8. The molecule has 10 nitrogen and oxygen atoms in total. The van der Waals surface area contributed by atoms with Gasteiger partial charge in [-0.2, -0.15) is 8.42 Å². The van der Waals surface area contributed by atoms with E-state index in [1.165, 1.54) is 17.9 Å². The molecule has 2 heterocycles. The van der Waals surface area contributed by atoms with Crippen molar-refractivity contribution in [3.63, 3.8) is 0 Å². The number of nitrogens with one attached hydrogen (secondary N) is 2. The van der Waals surface area contributed by atoms with Gasteiger partial charge in [-0.1, -0.05) is 17.4 Å². The first-order chi connectivity index (χ1) is 11.8. The third-order valence-electron chi connectivity index (χ3n) is 3.23. The number of hydrogen-bond donors (Lipinski definition) is 2. The lowest BCUT2D eigenvalue weighted by atomic mass is 10.2. The Bertz CT molecular complexity index is 955. The number of benzene rings is 1. The molecule has 0 saturated heterocycles. The summed E-state index contributed by atoms with van der Waals surface area (Å²) < 4.78 is 32.4. The van der Waals surface area contributed by atoms with Crippen LogP contribution in [0.1, 0.15) is 6.92 Å². The molecule has 1 aliphatic rings. The molecular weight excluding hydrogens is 370 g/mol. The number of rotatable bonds is 4. The van der Waals surface area contributed by atoms with Gasteiger partial charge in [-0.05, 0) is 12.1 Å². The van der Waals surface area contributed by atoms with Crippen LogP contribution in [0.4, 0.5) is 16.5 Å². The monoisotopic (exact) mass is 383 g/mol. The molecule has 2 aromatic rings. The van der Waals surface area contributed by atoms with Crippen molar-refractivity contribution in [2.75, 3.05) is 28.6 Å². The van der Waals surface area contributed by atoms with Gasteiger partial charge in [0, 0.05) is 14.0 Å². The number of sulfonamides is 1. The largest absolute Gasteiger partial charge is 0.479 e. The smallest absolute Gasteiger partial charge is 0.291 e. The molecule has 132 valence electrons. The van der Waals surface area contributed by atoms with Crippen molar-refractivity contribution in [1.82, 2.24) is 10.2 Å². The van der Waals surface area contributed by atoms with Gasteiger partial charge in [0.25, 0.3) is 20.3 Å². The molecule has 0 spiro atoms. The van der Waals surface area contributed by atoms with Crippen molar-refractivity contribution in [1.29, 1.82) is 0 Å². The quantitative estimate of drug-likeness (QED) is 0.741. The molecule has 2 N–H and O–H groups in total. The van der Waals surface area contributed by atoms with Crippen LogP contribution in [0.3, 0.4) is 0 Å². The third-order valence-corrected chi connectivity index (χ3v) is 5.80. The molecule has 0 bridgehead atoms. The van der Waals surface area contributed by atoms with Crippen LogP contribution in [0.25, 0.3) is 0 Å². The Balaban J connectivity index is 1.91. The molecule has 0 saturated carbocycles. The maximum Gasteiger partial charge on any atom is 0.291 e. The topological polar surface area (TPSA) is 131 Å². The van der Waals surface area contributed by atoms with E-state index in [9.17, 15) is 18.0 Å². The van der Waals surface area contributed by atoms with Gasteiger partial charge < -0.3 is 15.0 Å². The summed E-state index contributed by atoms with van der Waals surface area (Å²) in [6.07, 6.45) is 0. The zero-order valence-electron chi connectivity index (χ0n) is 13.1. The maximum atomic E-state index is 12.5. The summed E-state index contributed by atoms with van der Waals surface area (Å²) >= 11 is 0.716. The summed E-state index contributed by atoms with van der Waals surface area (Å²) in [5.41, 5.74) is 0.626. The fourth-order valence-corrected chi connectivity index (χ4v) is 4.10. The van der Waals surface area contributed by atoms with Crippen LogP contribution in [0, 0.1) is 0 Å². The Kier molecular flexibility index (Phi) is 4.30. The molecule has 25 heavy (non-hydrogen) atoms. The van der Waals surface area contributed by atoms with E-state index in [1.54, 1.807) is 19.2 Å². The highest BCUT2D eigenvalue weighted by molar-refractivity contribution is 7.94. The lowest BCUT2D eigenvalue weighted by Crippen LogP contribution is -2.35. The number of anilines is 3. The van der Waals surface area contributed by atoms with E-state index in [2.05, 4.69) is 20.2 Å². The SMILES string of the molecule is CC(=O)Nc1nnc(S(=O)(=O)Nc2cccc3c2OCC(=O)N3C)s1. The number of para-hydroxylation sites is 1. The second-order valence-corrected chi connectivity index (χ2v) is 7.89. The van der Waals surface area contributed by atoms with Gasteiger partial charge in [-0.3, -0.25) is 14.3 Å². The number of nitrogens with zero attached hydrogens (tertiary/aromatic N) is 3. The maximum absolute atomic E-state index is 12.5. The Morgan fingerprint density at radius 3 is 2.84 bits per heavy atom. The van der Waals surface area contributed by atoms with Crippen molar-refractivity contribution in [2.24, 2.45) is 0 Å². The van der Waals surface area contributed by atoms with Gasteiger partial charge in [-0.15, -0.1) is 10.2 Å². The molecule has 3 rings (SSSR count). The van der Waals surface area contributed by atoms with Crippen LogP contribution in [0.2, 0.25) is 0 Å². The van der Waals surface area contributed by atoms with Crippen LogP contribution in [0.15, 0.2) is 22.5 Å². The van der Waals surface area contributed by atoms with E-state index < -0.39 is 10.0 Å². The van der Waals surface area contributed by atoms with Crippen molar-refractivity contribution in [2.45, 2.75) is 11.3 Å². The number of amides is 2. The van der Waals surface area contributed by atoms with E-state index in [1.807, 2.05) is 0 Å². The van der Waals surface area contributed by atoms with Gasteiger partial charge in [0.15, 0.2) is 12.4 Å². The molecule has 0 aliphatic carbocycles. The first-order valence-electron chi connectivity index (χ1n) is 6.94. The summed E-state index contributed by atoms with van der Waals surface area (Å²) in [5, 5.41) is 9.62. The highest BCUT2D eigenvalue weighted by Gasteiger charge is 2.28. The molecule has 1 aliphatic heterocycles. The number of fused-ring (bicyclic) bond motifs is 1. The van der Waals surface area contributed by atoms with Gasteiger partial charge in [-0.25, -0.2) is 0 Å². The first kappa shape index (κ1) is 17.1. The standard InChI is InChI=1S/C13H13N5O5S2/c1-7(19)14-12-15-16-13(24-12)25(21,22)17-8-4-3-5-9-11(8)23-6-10(20)18(9)2/h3-5,17H,6H2,1-2H3,(H,14,15,19).